The monoisotopic (exact) mass is 413 g/mol. The summed E-state index contributed by atoms with van der Waals surface area (Å²) in [5.41, 5.74) is -0.0243. The molecular weight excluding hydrogens is 399 g/mol. The van der Waals surface area contributed by atoms with Gasteiger partial charge in [0.2, 0.25) is 5.88 Å². The van der Waals surface area contributed by atoms with Crippen molar-refractivity contribution >= 4 is 17.2 Å². The average molecular weight is 413 g/mol. The van der Waals surface area contributed by atoms with E-state index >= 15 is 0 Å². The van der Waals surface area contributed by atoms with Crippen LogP contribution in [-0.4, -0.2) is 30.6 Å². The average Bonchev–Trinajstić information content (AvgIpc) is 3.02. The van der Waals surface area contributed by atoms with Crippen LogP contribution in [-0.2, 0) is 6.18 Å². The van der Waals surface area contributed by atoms with Crippen molar-refractivity contribution in [1.82, 2.24) is 19.6 Å². The molecule has 0 aliphatic heterocycles. The maximum Gasteiger partial charge on any atom is 0.417 e. The molecule has 7 nitrogen and oxygen atoms in total. The summed E-state index contributed by atoms with van der Waals surface area (Å²) >= 11 is 0. The number of pyridine rings is 1. The van der Waals surface area contributed by atoms with Crippen molar-refractivity contribution in [3.63, 3.8) is 0 Å². The number of aromatic nitrogens is 4. The van der Waals surface area contributed by atoms with Crippen LogP contribution in [0.2, 0.25) is 0 Å². The summed E-state index contributed by atoms with van der Waals surface area (Å²) in [6.45, 7) is 1.63. The molecule has 4 rings (SSSR count). The van der Waals surface area contributed by atoms with Gasteiger partial charge >= 0.3 is 6.18 Å². The summed E-state index contributed by atoms with van der Waals surface area (Å²) in [6.07, 6.45) is -3.07. The van der Waals surface area contributed by atoms with Crippen molar-refractivity contribution in [3.8, 4) is 17.1 Å². The van der Waals surface area contributed by atoms with E-state index in [2.05, 4.69) is 20.4 Å². The first-order chi connectivity index (χ1) is 14.2. The number of halogens is 3. The number of benzene rings is 1. The van der Waals surface area contributed by atoms with Crippen LogP contribution >= 0.6 is 0 Å². The van der Waals surface area contributed by atoms with Crippen LogP contribution in [0, 0.1) is 6.92 Å². The number of aromatic hydroxyl groups is 1. The van der Waals surface area contributed by atoms with Crippen molar-refractivity contribution in [3.05, 3.63) is 71.7 Å². The fourth-order valence-corrected chi connectivity index (χ4v) is 3.02. The second-order valence-electron chi connectivity index (χ2n) is 6.42. The first kappa shape index (κ1) is 19.4. The summed E-state index contributed by atoms with van der Waals surface area (Å²) in [5.74, 6) is -0.935. The van der Waals surface area contributed by atoms with Gasteiger partial charge in [-0.15, -0.1) is 0 Å². The Balaban J connectivity index is 1.79. The number of carbonyl (C=O) groups excluding carboxylic acids is 1. The minimum absolute atomic E-state index is 0.0349. The Kier molecular flexibility index (Phi) is 4.61. The zero-order valence-corrected chi connectivity index (χ0v) is 15.5. The van der Waals surface area contributed by atoms with Gasteiger partial charge in [0.15, 0.2) is 5.65 Å². The molecule has 3 aromatic heterocycles. The van der Waals surface area contributed by atoms with E-state index in [1.807, 2.05) is 0 Å². The van der Waals surface area contributed by atoms with E-state index in [1.54, 1.807) is 6.92 Å². The lowest BCUT2D eigenvalue weighted by atomic mass is 10.0. The minimum atomic E-state index is -4.54. The highest BCUT2D eigenvalue weighted by Gasteiger charge is 2.33. The number of hydrogen-bond donors (Lipinski definition) is 2. The van der Waals surface area contributed by atoms with E-state index in [0.29, 0.717) is 5.69 Å². The van der Waals surface area contributed by atoms with Gasteiger partial charge in [0.25, 0.3) is 5.91 Å². The third kappa shape index (κ3) is 3.54. The molecular formula is C20H14F3N5O2. The standard InChI is InChI=1S/C20H14F3N5O2/c1-11-17(26-19(30)15-7-4-8-16(29)24-15)18-25-14(9-10-28(18)27-11)12-5-2-3-6-13(12)20(21,22)23/h2-10H,1H3,(H,24,29)(H,26,30). The Morgan fingerprint density at radius 1 is 1.07 bits per heavy atom. The smallest absolute Gasteiger partial charge is 0.417 e. The van der Waals surface area contributed by atoms with Crippen LogP contribution in [0.5, 0.6) is 5.88 Å². The predicted octanol–water partition coefficient (Wildman–Crippen LogP) is 4.08. The fourth-order valence-electron chi connectivity index (χ4n) is 3.02. The second-order valence-corrected chi connectivity index (χ2v) is 6.42. The van der Waals surface area contributed by atoms with Crippen LogP contribution in [0.25, 0.3) is 16.9 Å². The van der Waals surface area contributed by atoms with Crippen LogP contribution < -0.4 is 5.32 Å². The second kappa shape index (κ2) is 7.14. The van der Waals surface area contributed by atoms with Crippen molar-refractivity contribution in [1.29, 1.82) is 0 Å². The Labute approximate surface area is 167 Å². The van der Waals surface area contributed by atoms with Gasteiger partial charge in [-0.3, -0.25) is 4.79 Å². The van der Waals surface area contributed by atoms with Crippen molar-refractivity contribution in [2.75, 3.05) is 5.32 Å². The first-order valence-corrected chi connectivity index (χ1v) is 8.74. The van der Waals surface area contributed by atoms with Crippen LogP contribution in [0.1, 0.15) is 21.7 Å². The van der Waals surface area contributed by atoms with Gasteiger partial charge < -0.3 is 10.4 Å². The molecule has 0 radical (unpaired) electrons. The quantitative estimate of drug-likeness (QED) is 0.528. The normalized spacial score (nSPS) is 11.6. The summed E-state index contributed by atoms with van der Waals surface area (Å²) in [7, 11) is 0. The molecule has 4 aromatic rings. The lowest BCUT2D eigenvalue weighted by Crippen LogP contribution is -2.14. The molecule has 0 aliphatic carbocycles. The molecule has 0 bridgehead atoms. The highest BCUT2D eigenvalue weighted by molar-refractivity contribution is 6.05. The molecule has 0 aliphatic rings. The summed E-state index contributed by atoms with van der Waals surface area (Å²) in [6, 6.07) is 10.7. The zero-order valence-electron chi connectivity index (χ0n) is 15.5. The van der Waals surface area contributed by atoms with Gasteiger partial charge in [-0.25, -0.2) is 14.5 Å². The molecule has 1 aromatic carbocycles. The molecule has 0 atom stereocenters. The largest absolute Gasteiger partial charge is 0.493 e. The summed E-state index contributed by atoms with van der Waals surface area (Å²) < 4.78 is 41.5. The van der Waals surface area contributed by atoms with E-state index in [1.165, 1.54) is 53.2 Å². The maximum absolute atomic E-state index is 13.4. The number of hydrogen-bond acceptors (Lipinski definition) is 5. The van der Waals surface area contributed by atoms with E-state index in [0.717, 1.165) is 6.07 Å². The molecule has 0 fully saturated rings. The highest BCUT2D eigenvalue weighted by Crippen LogP contribution is 2.36. The van der Waals surface area contributed by atoms with Gasteiger partial charge in [-0.1, -0.05) is 24.3 Å². The zero-order chi connectivity index (χ0) is 21.5. The number of rotatable bonds is 3. The van der Waals surface area contributed by atoms with E-state index in [4.69, 9.17) is 0 Å². The number of nitrogens with zero attached hydrogens (tertiary/aromatic N) is 4. The number of aryl methyl sites for hydroxylation is 1. The third-order valence-electron chi connectivity index (χ3n) is 4.37. The molecule has 0 unspecified atom stereocenters. The molecule has 3 heterocycles. The molecule has 0 saturated carbocycles. The van der Waals surface area contributed by atoms with Gasteiger partial charge in [-0.2, -0.15) is 18.3 Å². The minimum Gasteiger partial charge on any atom is -0.493 e. The molecule has 152 valence electrons. The molecule has 10 heteroatoms. The summed E-state index contributed by atoms with van der Waals surface area (Å²) in [5, 5.41) is 16.3. The van der Waals surface area contributed by atoms with Crippen LogP contribution in [0.4, 0.5) is 18.9 Å². The Morgan fingerprint density at radius 3 is 2.57 bits per heavy atom. The van der Waals surface area contributed by atoms with E-state index in [-0.39, 0.29) is 34.2 Å². The first-order valence-electron chi connectivity index (χ1n) is 8.74. The van der Waals surface area contributed by atoms with Gasteiger partial charge in [0.05, 0.1) is 17.0 Å². The third-order valence-corrected chi connectivity index (χ3v) is 4.37. The SMILES string of the molecule is Cc1nn2ccc(-c3ccccc3C(F)(F)F)nc2c1NC(=O)c1cccc(O)n1. The fraction of sp³-hybridized carbons (Fsp3) is 0.100. The Morgan fingerprint density at radius 2 is 1.83 bits per heavy atom. The predicted molar refractivity (Wildman–Crippen MR) is 102 cm³/mol. The number of anilines is 1. The van der Waals surface area contributed by atoms with Crippen LogP contribution in [0.15, 0.2) is 54.7 Å². The lowest BCUT2D eigenvalue weighted by molar-refractivity contribution is -0.137. The van der Waals surface area contributed by atoms with Gasteiger partial charge in [0.1, 0.15) is 11.4 Å². The topological polar surface area (TPSA) is 92.4 Å². The molecule has 30 heavy (non-hydrogen) atoms. The van der Waals surface area contributed by atoms with Crippen molar-refractivity contribution in [2.45, 2.75) is 13.1 Å². The number of nitrogens with one attached hydrogen (secondary N) is 1. The van der Waals surface area contributed by atoms with Gasteiger partial charge in [0, 0.05) is 17.8 Å². The number of amides is 1. The number of alkyl halides is 3. The lowest BCUT2D eigenvalue weighted by Gasteiger charge is -2.12. The molecule has 2 N–H and O–H groups in total. The number of fused-ring (bicyclic) bond motifs is 1. The molecule has 0 spiro atoms. The highest BCUT2D eigenvalue weighted by atomic mass is 19.4. The van der Waals surface area contributed by atoms with Crippen LogP contribution in [0.3, 0.4) is 0 Å². The van der Waals surface area contributed by atoms with Crippen molar-refractivity contribution < 1.29 is 23.1 Å². The Hall–Kier alpha value is -3.95. The summed E-state index contributed by atoms with van der Waals surface area (Å²) in [4.78, 5) is 20.6. The van der Waals surface area contributed by atoms with E-state index in [9.17, 15) is 23.1 Å². The van der Waals surface area contributed by atoms with Gasteiger partial charge in [-0.05, 0) is 25.1 Å². The molecule has 0 saturated heterocycles. The maximum atomic E-state index is 13.4. The molecule has 1 amide bonds. The number of carbonyl (C=O) groups is 1. The van der Waals surface area contributed by atoms with Crippen molar-refractivity contribution in [2.24, 2.45) is 0 Å². The van der Waals surface area contributed by atoms with E-state index < -0.39 is 17.6 Å². The Bertz CT molecular complexity index is 1270.